The van der Waals surface area contributed by atoms with E-state index in [9.17, 15) is 23.3 Å². The molecule has 0 amide bonds. The number of alkyl halides is 3. The van der Waals surface area contributed by atoms with E-state index in [0.29, 0.717) is 6.07 Å². The van der Waals surface area contributed by atoms with Gasteiger partial charge in [-0.05, 0) is 6.07 Å². The van der Waals surface area contributed by atoms with E-state index in [4.69, 9.17) is 10.8 Å². The van der Waals surface area contributed by atoms with Crippen LogP contribution in [0.3, 0.4) is 0 Å². The van der Waals surface area contributed by atoms with E-state index in [-0.39, 0.29) is 12.4 Å². The molecule has 1 aromatic rings. The molecule has 0 aliphatic rings. The molecule has 1 atom stereocenters. The topological polar surface area (TPSA) is 89.4 Å². The molecule has 0 bridgehead atoms. The molecule has 96 valence electrons. The third kappa shape index (κ3) is 3.46. The minimum Gasteiger partial charge on any atom is -0.508 e. The second kappa shape index (κ2) is 5.19. The summed E-state index contributed by atoms with van der Waals surface area (Å²) in [5, 5.41) is 19.5. The first-order chi connectivity index (χ1) is 7.23. The summed E-state index contributed by atoms with van der Waals surface area (Å²) in [6.45, 7) is 0. The van der Waals surface area contributed by atoms with Crippen LogP contribution >= 0.6 is 12.4 Å². The quantitative estimate of drug-likeness (QED) is 0.638. The maximum absolute atomic E-state index is 12.2. The first kappa shape index (κ1) is 15.5. The van der Waals surface area contributed by atoms with Gasteiger partial charge in [-0.2, -0.15) is 13.2 Å². The van der Waals surface area contributed by atoms with Crippen LogP contribution in [0.5, 0.6) is 5.75 Å². The Hall–Kier alpha value is -1.54. The summed E-state index contributed by atoms with van der Waals surface area (Å²) < 4.78 is 36.7. The minimum atomic E-state index is -4.77. The molecule has 0 spiro atoms. The summed E-state index contributed by atoms with van der Waals surface area (Å²) in [4.78, 5) is 9.47. The van der Waals surface area contributed by atoms with Crippen molar-refractivity contribution in [1.82, 2.24) is 0 Å². The average molecular weight is 273 g/mol. The summed E-state index contributed by atoms with van der Waals surface area (Å²) in [7, 11) is 0. The van der Waals surface area contributed by atoms with Gasteiger partial charge in [-0.25, -0.2) is 0 Å². The monoisotopic (exact) mass is 272 g/mol. The van der Waals surface area contributed by atoms with Crippen LogP contribution in [0, 0.1) is 10.1 Å². The van der Waals surface area contributed by atoms with Crippen LogP contribution in [0.4, 0.5) is 18.9 Å². The Morgan fingerprint density at radius 2 is 1.94 bits per heavy atom. The molecular formula is C8H8ClF3N2O3. The molecule has 17 heavy (non-hydrogen) atoms. The van der Waals surface area contributed by atoms with Crippen LogP contribution in [0.1, 0.15) is 11.6 Å². The van der Waals surface area contributed by atoms with Gasteiger partial charge in [0.25, 0.3) is 5.69 Å². The predicted molar refractivity (Wildman–Crippen MR) is 55.0 cm³/mol. The van der Waals surface area contributed by atoms with Gasteiger partial charge in [0, 0.05) is 17.7 Å². The predicted octanol–water partition coefficient (Wildman–Crippen LogP) is 2.28. The maximum atomic E-state index is 12.2. The number of non-ortho nitro benzene ring substituents is 1. The number of nitrogens with two attached hydrogens (primary N) is 1. The van der Waals surface area contributed by atoms with E-state index >= 15 is 0 Å². The first-order valence-corrected chi connectivity index (χ1v) is 4.03. The lowest BCUT2D eigenvalue weighted by atomic mass is 10.1. The van der Waals surface area contributed by atoms with Gasteiger partial charge in [-0.1, -0.05) is 0 Å². The molecule has 1 aromatic carbocycles. The number of rotatable bonds is 2. The van der Waals surface area contributed by atoms with Crippen LogP contribution in [0.2, 0.25) is 0 Å². The molecule has 5 nitrogen and oxygen atoms in total. The third-order valence-corrected chi connectivity index (χ3v) is 1.91. The smallest absolute Gasteiger partial charge is 0.407 e. The first-order valence-electron chi connectivity index (χ1n) is 4.03. The SMILES string of the molecule is Cl.N[C@H](c1cc([N+](=O)[O-])ccc1O)C(F)(F)F. The van der Waals surface area contributed by atoms with Gasteiger partial charge < -0.3 is 10.8 Å². The van der Waals surface area contributed by atoms with Gasteiger partial charge in [-0.15, -0.1) is 12.4 Å². The molecule has 0 aliphatic carbocycles. The van der Waals surface area contributed by atoms with E-state index in [1.165, 1.54) is 0 Å². The largest absolute Gasteiger partial charge is 0.508 e. The number of aromatic hydroxyl groups is 1. The summed E-state index contributed by atoms with van der Waals surface area (Å²) in [6, 6.07) is -0.151. The molecular weight excluding hydrogens is 265 g/mol. The fraction of sp³-hybridized carbons (Fsp3) is 0.250. The second-order valence-electron chi connectivity index (χ2n) is 3.02. The van der Waals surface area contributed by atoms with Gasteiger partial charge in [0.05, 0.1) is 4.92 Å². The van der Waals surface area contributed by atoms with Gasteiger partial charge in [0.1, 0.15) is 11.8 Å². The van der Waals surface area contributed by atoms with Crippen LogP contribution in [0.25, 0.3) is 0 Å². The summed E-state index contributed by atoms with van der Waals surface area (Å²) in [6.07, 6.45) is -4.77. The van der Waals surface area contributed by atoms with Gasteiger partial charge in [0.15, 0.2) is 0 Å². The fourth-order valence-corrected chi connectivity index (χ4v) is 1.08. The van der Waals surface area contributed by atoms with E-state index in [1.54, 1.807) is 0 Å². The number of hydrogen-bond acceptors (Lipinski definition) is 4. The molecule has 9 heteroatoms. The molecule has 1 rings (SSSR count). The zero-order valence-electron chi connectivity index (χ0n) is 8.14. The number of nitro benzene ring substituents is 1. The maximum Gasteiger partial charge on any atom is 0.407 e. The van der Waals surface area contributed by atoms with Crippen LogP contribution in [-0.4, -0.2) is 16.2 Å². The van der Waals surface area contributed by atoms with Crippen molar-refractivity contribution < 1.29 is 23.2 Å². The Labute approximate surface area is 99.6 Å². The molecule has 0 aromatic heterocycles. The van der Waals surface area contributed by atoms with Crippen molar-refractivity contribution in [2.45, 2.75) is 12.2 Å². The number of phenols is 1. The molecule has 0 aliphatic heterocycles. The lowest BCUT2D eigenvalue weighted by molar-refractivity contribution is -0.385. The van der Waals surface area contributed by atoms with E-state index < -0.39 is 34.1 Å². The normalized spacial score (nSPS) is 12.7. The number of hydrogen-bond donors (Lipinski definition) is 2. The van der Waals surface area contributed by atoms with Crippen molar-refractivity contribution in [3.05, 3.63) is 33.9 Å². The van der Waals surface area contributed by atoms with Gasteiger partial charge in [0.2, 0.25) is 0 Å². The van der Waals surface area contributed by atoms with Crippen molar-refractivity contribution in [1.29, 1.82) is 0 Å². The fourth-order valence-electron chi connectivity index (χ4n) is 1.08. The van der Waals surface area contributed by atoms with Crippen molar-refractivity contribution in [3.63, 3.8) is 0 Å². The summed E-state index contributed by atoms with van der Waals surface area (Å²) in [5.41, 5.74) is 3.55. The molecule has 0 fully saturated rings. The number of nitro groups is 1. The van der Waals surface area contributed by atoms with Crippen molar-refractivity contribution in [2.75, 3.05) is 0 Å². The van der Waals surface area contributed by atoms with Gasteiger partial charge in [-0.3, -0.25) is 10.1 Å². The Morgan fingerprint density at radius 1 is 1.41 bits per heavy atom. The summed E-state index contributed by atoms with van der Waals surface area (Å²) >= 11 is 0. The van der Waals surface area contributed by atoms with Gasteiger partial charge >= 0.3 is 6.18 Å². The minimum absolute atomic E-state index is 0. The number of benzene rings is 1. The van der Waals surface area contributed by atoms with Crippen molar-refractivity contribution in [2.24, 2.45) is 5.73 Å². The highest BCUT2D eigenvalue weighted by Gasteiger charge is 2.39. The van der Waals surface area contributed by atoms with Crippen molar-refractivity contribution >= 4 is 18.1 Å². The highest BCUT2D eigenvalue weighted by Crippen LogP contribution is 2.36. The lowest BCUT2D eigenvalue weighted by Gasteiger charge is -2.16. The Kier molecular flexibility index (Phi) is 4.72. The molecule has 3 N–H and O–H groups in total. The zero-order chi connectivity index (χ0) is 12.5. The molecule has 0 unspecified atom stereocenters. The molecule has 0 heterocycles. The lowest BCUT2D eigenvalue weighted by Crippen LogP contribution is -2.28. The van der Waals surface area contributed by atoms with Crippen LogP contribution in [0.15, 0.2) is 18.2 Å². The zero-order valence-corrected chi connectivity index (χ0v) is 8.96. The number of halogens is 4. The van der Waals surface area contributed by atoms with Crippen molar-refractivity contribution in [3.8, 4) is 5.75 Å². The van der Waals surface area contributed by atoms with E-state index in [1.807, 2.05) is 0 Å². The Bertz CT molecular complexity index is 425. The molecule has 0 saturated heterocycles. The standard InChI is InChI=1S/C8H7F3N2O3.ClH/c9-8(10,11)7(12)5-3-4(13(15)16)1-2-6(5)14;/h1-3,7,14H,12H2;1H/t7-;/m1./s1. The highest BCUT2D eigenvalue weighted by molar-refractivity contribution is 5.85. The Morgan fingerprint density at radius 3 is 2.35 bits per heavy atom. The highest BCUT2D eigenvalue weighted by atomic mass is 35.5. The molecule has 0 saturated carbocycles. The van der Waals surface area contributed by atoms with Crippen LogP contribution in [-0.2, 0) is 0 Å². The third-order valence-electron chi connectivity index (χ3n) is 1.91. The second-order valence-corrected chi connectivity index (χ2v) is 3.02. The van der Waals surface area contributed by atoms with Crippen LogP contribution < -0.4 is 5.73 Å². The number of nitrogens with zero attached hydrogens (tertiary/aromatic N) is 1. The number of phenolic OH excluding ortho intramolecular Hbond substituents is 1. The molecule has 0 radical (unpaired) electrons. The van der Waals surface area contributed by atoms with E-state index in [0.717, 1.165) is 12.1 Å². The average Bonchev–Trinajstić information content (AvgIpc) is 2.15. The Balaban J connectivity index is 0.00000256. The summed E-state index contributed by atoms with van der Waals surface area (Å²) in [5.74, 6) is -0.726. The van der Waals surface area contributed by atoms with E-state index in [2.05, 4.69) is 0 Å².